The van der Waals surface area contributed by atoms with Gasteiger partial charge in [0.05, 0.1) is 51.5 Å². The molecule has 3 amide bonds. The third-order valence-corrected chi connectivity index (χ3v) is 16.1. The highest BCUT2D eigenvalue weighted by Gasteiger charge is 2.66. The molecule has 7 rings (SSSR count). The summed E-state index contributed by atoms with van der Waals surface area (Å²) in [6, 6.07) is 29.4. The second-order valence-electron chi connectivity index (χ2n) is 15.2. The third-order valence-electron chi connectivity index (χ3n) is 11.8. The van der Waals surface area contributed by atoms with Crippen LogP contribution >= 0.6 is 0 Å². The molecular weight excluding hydrogens is 717 g/mol. The number of non-ortho nitro benzene ring substituents is 1. The van der Waals surface area contributed by atoms with Crippen molar-refractivity contribution in [2.45, 2.75) is 63.2 Å². The van der Waals surface area contributed by atoms with Gasteiger partial charge in [-0.1, -0.05) is 79.8 Å². The second-order valence-corrected chi connectivity index (χ2v) is 19.9. The molecule has 3 aliphatic rings. The summed E-state index contributed by atoms with van der Waals surface area (Å²) < 4.78 is 12.6. The quantitative estimate of drug-likeness (QED) is 0.0814. The van der Waals surface area contributed by atoms with Gasteiger partial charge in [0.25, 0.3) is 11.6 Å². The molecule has 3 aliphatic heterocycles. The summed E-state index contributed by atoms with van der Waals surface area (Å²) in [4.78, 5) is 58.5. The molecule has 4 atom stereocenters. The van der Waals surface area contributed by atoms with Gasteiger partial charge in [0, 0.05) is 55.4 Å². The molecule has 2 saturated heterocycles. The Morgan fingerprint density at radius 3 is 2.38 bits per heavy atom. The van der Waals surface area contributed by atoms with E-state index in [0.717, 1.165) is 22.0 Å². The summed E-state index contributed by atoms with van der Waals surface area (Å²) in [5, 5.41) is 23.3. The van der Waals surface area contributed by atoms with Gasteiger partial charge < -0.3 is 29.3 Å². The highest BCUT2D eigenvalue weighted by atomic mass is 28.3. The molecule has 4 aromatic carbocycles. The highest BCUT2D eigenvalue weighted by Crippen LogP contribution is 2.60. The first-order valence-electron chi connectivity index (χ1n) is 18.6. The molecule has 1 N–H and O–H groups in total. The average Bonchev–Trinajstić information content (AvgIpc) is 3.60. The number of hydrogen-bond acceptors (Lipinski definition) is 8. The number of ether oxygens (including phenoxy) is 2. The van der Waals surface area contributed by atoms with Crippen LogP contribution in [0, 0.1) is 16.0 Å². The number of nitro groups is 1. The van der Waals surface area contributed by atoms with Crippen molar-refractivity contribution in [3.05, 3.63) is 124 Å². The van der Waals surface area contributed by atoms with Crippen molar-refractivity contribution < 1.29 is 33.9 Å². The number of anilines is 2. The minimum Gasteiger partial charge on any atom is -0.497 e. The van der Waals surface area contributed by atoms with E-state index in [1.807, 2.05) is 85.8 Å². The maximum atomic E-state index is 15.3. The summed E-state index contributed by atoms with van der Waals surface area (Å²) in [5.74, 6) is -0.334. The molecule has 3 heterocycles. The van der Waals surface area contributed by atoms with Crippen molar-refractivity contribution in [3.8, 4) is 5.75 Å². The van der Waals surface area contributed by atoms with E-state index in [9.17, 15) is 24.8 Å². The van der Waals surface area contributed by atoms with E-state index in [1.54, 1.807) is 27.9 Å². The first kappa shape index (κ1) is 37.9. The number of nitrogens with zero attached hydrogens (tertiary/aromatic N) is 4. The monoisotopic (exact) mass is 762 g/mol. The minimum absolute atomic E-state index is 0.0378. The molecule has 13 heteroatoms. The fraction of sp³-hybridized carbons (Fsp3) is 0.357. The van der Waals surface area contributed by atoms with Crippen molar-refractivity contribution >= 4 is 48.0 Å². The van der Waals surface area contributed by atoms with E-state index >= 15 is 4.79 Å². The normalized spacial score (nSPS) is 21.8. The molecular formula is C42H46N4O8Si. The van der Waals surface area contributed by atoms with Crippen LogP contribution in [0.5, 0.6) is 5.75 Å². The standard InChI is InChI=1S/C42H46N4O8Si/c1-28-40(55(3,4)34-16-14-33(53-2)15-17-34)37(25-39(49)43(21-22-47)26-29-9-6-5-7-10-29)54-42(28)35-24-32(46(51)52)13-18-36(35)45(41(42)50)27-30-11-8-12-31(23-30)44-20-19-38(44)48/h5-18,23-24,28,37,40,47H,19-22,25-27H2,1-4H3/t28-,37+,40-,42+/m1/s1. The van der Waals surface area contributed by atoms with Crippen LogP contribution in [-0.4, -0.2) is 73.6 Å². The molecule has 286 valence electrons. The van der Waals surface area contributed by atoms with Gasteiger partial charge in [-0.25, -0.2) is 0 Å². The predicted octanol–water partition coefficient (Wildman–Crippen LogP) is 5.51. The zero-order valence-corrected chi connectivity index (χ0v) is 32.5. The lowest BCUT2D eigenvalue weighted by molar-refractivity contribution is -0.385. The molecule has 55 heavy (non-hydrogen) atoms. The maximum absolute atomic E-state index is 15.3. The maximum Gasteiger partial charge on any atom is 0.269 e. The van der Waals surface area contributed by atoms with Crippen LogP contribution in [0.1, 0.15) is 36.5 Å². The molecule has 0 aliphatic carbocycles. The summed E-state index contributed by atoms with van der Waals surface area (Å²) in [7, 11) is -1.04. The van der Waals surface area contributed by atoms with Gasteiger partial charge >= 0.3 is 0 Å². The second kappa shape index (κ2) is 15.0. The molecule has 0 radical (unpaired) electrons. The van der Waals surface area contributed by atoms with Gasteiger partial charge in [-0.05, 0) is 47.0 Å². The number of nitro benzene ring substituents is 1. The average molecular weight is 763 g/mol. The number of carbonyl (C=O) groups is 3. The summed E-state index contributed by atoms with van der Waals surface area (Å²) >= 11 is 0. The van der Waals surface area contributed by atoms with Crippen molar-refractivity contribution in [2.75, 3.05) is 36.6 Å². The topological polar surface area (TPSA) is 143 Å². The number of hydrogen-bond donors (Lipinski definition) is 1. The SMILES string of the molecule is COc1ccc([Si](C)(C)[C@H]2[C@H](CC(=O)N(CCO)Cc3ccccc3)O[C@@]3(C(=O)N(Cc4cccc(N5CCC5=O)c4)c4ccc([N+](=O)[O-])cc43)[C@@H]2C)cc1. The first-order chi connectivity index (χ1) is 26.4. The number of carbonyl (C=O) groups excluding carboxylic acids is 3. The van der Waals surface area contributed by atoms with Crippen molar-refractivity contribution in [1.29, 1.82) is 0 Å². The van der Waals surface area contributed by atoms with Gasteiger partial charge in [-0.2, -0.15) is 0 Å². The third kappa shape index (κ3) is 6.81. The van der Waals surface area contributed by atoms with Crippen LogP contribution < -0.4 is 19.7 Å². The predicted molar refractivity (Wildman–Crippen MR) is 211 cm³/mol. The van der Waals surface area contributed by atoms with Crippen molar-refractivity contribution in [3.63, 3.8) is 0 Å². The first-order valence-corrected chi connectivity index (χ1v) is 21.7. The molecule has 1 spiro atoms. The van der Waals surface area contributed by atoms with E-state index < -0.39 is 30.6 Å². The summed E-state index contributed by atoms with van der Waals surface area (Å²) in [6.07, 6.45) is -0.302. The van der Waals surface area contributed by atoms with Crippen LogP contribution in [-0.2, 0) is 37.8 Å². The Balaban J connectivity index is 1.31. The lowest BCUT2D eigenvalue weighted by Crippen LogP contribution is -2.52. The summed E-state index contributed by atoms with van der Waals surface area (Å²) in [5.41, 5.74) is 1.28. The Hall–Kier alpha value is -5.37. The number of aliphatic hydroxyl groups excluding tert-OH is 1. The largest absolute Gasteiger partial charge is 0.497 e. The van der Waals surface area contributed by atoms with Gasteiger partial charge in [-0.15, -0.1) is 0 Å². The van der Waals surface area contributed by atoms with E-state index in [-0.39, 0.29) is 55.1 Å². The van der Waals surface area contributed by atoms with E-state index in [0.29, 0.717) is 36.5 Å². The lowest BCUT2D eigenvalue weighted by atomic mass is 9.82. The van der Waals surface area contributed by atoms with Gasteiger partial charge in [-0.3, -0.25) is 24.5 Å². The number of benzene rings is 4. The van der Waals surface area contributed by atoms with Crippen LogP contribution in [0.4, 0.5) is 17.1 Å². The number of β-lactam (4-membered cyclic amide) rings is 1. The number of rotatable bonds is 13. The van der Waals surface area contributed by atoms with E-state index in [1.165, 1.54) is 12.1 Å². The zero-order valence-electron chi connectivity index (χ0n) is 31.5. The summed E-state index contributed by atoms with van der Waals surface area (Å²) in [6.45, 7) is 7.35. The number of methoxy groups -OCH3 is 1. The molecule has 0 bridgehead atoms. The van der Waals surface area contributed by atoms with Crippen molar-refractivity contribution in [2.24, 2.45) is 5.92 Å². The van der Waals surface area contributed by atoms with Crippen LogP contribution in [0.15, 0.2) is 97.1 Å². The molecule has 0 aromatic heterocycles. The lowest BCUT2D eigenvalue weighted by Gasteiger charge is -2.37. The Kier molecular flexibility index (Phi) is 10.4. The van der Waals surface area contributed by atoms with Crippen LogP contribution in [0.3, 0.4) is 0 Å². The van der Waals surface area contributed by atoms with E-state index in [2.05, 4.69) is 13.1 Å². The molecule has 0 unspecified atom stereocenters. The fourth-order valence-electron chi connectivity index (χ4n) is 8.88. The van der Waals surface area contributed by atoms with Gasteiger partial charge in [0.2, 0.25) is 11.8 Å². The Labute approximate surface area is 321 Å². The number of fused-ring (bicyclic) bond motifs is 2. The molecule has 4 aromatic rings. The van der Waals surface area contributed by atoms with Gasteiger partial charge in [0.15, 0.2) is 5.60 Å². The van der Waals surface area contributed by atoms with Crippen LogP contribution in [0.2, 0.25) is 18.6 Å². The zero-order chi connectivity index (χ0) is 39.1. The fourth-order valence-corrected chi connectivity index (χ4v) is 12.9. The Bertz CT molecular complexity index is 2110. The highest BCUT2D eigenvalue weighted by molar-refractivity contribution is 6.91. The molecule has 12 nitrogen and oxygen atoms in total. The van der Waals surface area contributed by atoms with Crippen LogP contribution in [0.25, 0.3) is 0 Å². The molecule has 0 saturated carbocycles. The number of amides is 3. The Morgan fingerprint density at radius 2 is 1.75 bits per heavy atom. The smallest absolute Gasteiger partial charge is 0.269 e. The molecule has 2 fully saturated rings. The van der Waals surface area contributed by atoms with E-state index in [4.69, 9.17) is 9.47 Å². The Morgan fingerprint density at radius 1 is 1.02 bits per heavy atom. The van der Waals surface area contributed by atoms with Gasteiger partial charge in [0.1, 0.15) is 5.75 Å². The minimum atomic E-state index is -2.65. The van der Waals surface area contributed by atoms with Crippen molar-refractivity contribution in [1.82, 2.24) is 4.90 Å². The number of aliphatic hydroxyl groups is 1.